The van der Waals surface area contributed by atoms with Gasteiger partial charge >= 0.3 is 24.3 Å². The van der Waals surface area contributed by atoms with Crippen molar-refractivity contribution in [1.82, 2.24) is 0 Å². The zero-order chi connectivity index (χ0) is 12.2. The van der Waals surface area contributed by atoms with Crippen molar-refractivity contribution < 1.29 is 71.1 Å². The van der Waals surface area contributed by atoms with E-state index in [9.17, 15) is 26.3 Å². The molecule has 0 aromatic rings. The maximum Gasteiger partial charge on any atom is 0.490 e. The minimum atomic E-state index is -5.08. The van der Waals surface area contributed by atoms with Crippen LogP contribution in [0.1, 0.15) is 0 Å². The van der Waals surface area contributed by atoms with Crippen LogP contribution in [0.3, 0.4) is 0 Å². The molecule has 0 rings (SSSR count). The SMILES string of the molecule is O.O=C(O)C(F)(F)F.O=C(O)C(F)(F)F.[Zn]. The molecule has 0 spiro atoms. The zero-order valence-corrected chi connectivity index (χ0v) is 10.2. The summed E-state index contributed by atoms with van der Waals surface area (Å²) in [7, 11) is 0. The van der Waals surface area contributed by atoms with E-state index in [2.05, 4.69) is 0 Å². The van der Waals surface area contributed by atoms with Gasteiger partial charge in [-0.2, -0.15) is 26.3 Å². The number of hydrogen-bond acceptors (Lipinski definition) is 2. The third-order valence-electron chi connectivity index (χ3n) is 0.485. The first kappa shape index (κ1) is 24.4. The first-order chi connectivity index (χ1) is 5.89. The van der Waals surface area contributed by atoms with Gasteiger partial charge in [-0.05, 0) is 0 Å². The summed E-state index contributed by atoms with van der Waals surface area (Å²) in [6.07, 6.45) is -10.2. The fourth-order valence-electron chi connectivity index (χ4n) is 0. The van der Waals surface area contributed by atoms with Crippen molar-refractivity contribution in [2.45, 2.75) is 12.4 Å². The summed E-state index contributed by atoms with van der Waals surface area (Å²) in [6, 6.07) is 0. The summed E-state index contributed by atoms with van der Waals surface area (Å²) in [6.45, 7) is 0. The summed E-state index contributed by atoms with van der Waals surface area (Å²) in [5.74, 6) is -5.51. The molecule has 0 saturated carbocycles. The van der Waals surface area contributed by atoms with E-state index in [0.717, 1.165) is 0 Å². The number of carboxylic acids is 2. The molecule has 0 aliphatic heterocycles. The number of aliphatic carboxylic acids is 2. The van der Waals surface area contributed by atoms with E-state index in [1.165, 1.54) is 0 Å². The van der Waals surface area contributed by atoms with Crippen LogP contribution in [-0.2, 0) is 29.1 Å². The minimum Gasteiger partial charge on any atom is -0.475 e. The van der Waals surface area contributed by atoms with Crippen molar-refractivity contribution in [1.29, 1.82) is 0 Å². The molecule has 94 valence electrons. The Hall–Kier alpha value is -0.897. The van der Waals surface area contributed by atoms with Crippen LogP contribution in [0, 0.1) is 0 Å². The Morgan fingerprint density at radius 3 is 0.812 bits per heavy atom. The van der Waals surface area contributed by atoms with Crippen molar-refractivity contribution in [2.75, 3.05) is 0 Å². The largest absolute Gasteiger partial charge is 0.490 e. The Labute approximate surface area is 96.1 Å². The van der Waals surface area contributed by atoms with Gasteiger partial charge < -0.3 is 15.7 Å². The van der Waals surface area contributed by atoms with E-state index in [0.29, 0.717) is 0 Å². The normalized spacial score (nSPS) is 9.88. The molecule has 0 aromatic carbocycles. The maximum atomic E-state index is 10.6. The Bertz CT molecular complexity index is 198. The predicted molar refractivity (Wildman–Crippen MR) is 31.0 cm³/mol. The van der Waals surface area contributed by atoms with Gasteiger partial charge in [-0.3, -0.25) is 0 Å². The molecule has 0 saturated heterocycles. The molecule has 4 N–H and O–H groups in total. The van der Waals surface area contributed by atoms with Gasteiger partial charge in [-0.25, -0.2) is 9.59 Å². The van der Waals surface area contributed by atoms with Crippen LogP contribution in [0.2, 0.25) is 0 Å². The number of hydrogen-bond donors (Lipinski definition) is 2. The van der Waals surface area contributed by atoms with Crippen LogP contribution in [-0.4, -0.2) is 40.0 Å². The van der Waals surface area contributed by atoms with E-state index in [-0.39, 0.29) is 25.0 Å². The molecule has 0 atom stereocenters. The molecular formula is C4H4F6O5Zn. The van der Waals surface area contributed by atoms with Crippen LogP contribution in [0.15, 0.2) is 0 Å². The molecule has 0 radical (unpaired) electrons. The van der Waals surface area contributed by atoms with Crippen molar-refractivity contribution in [3.05, 3.63) is 0 Å². The zero-order valence-electron chi connectivity index (χ0n) is 7.19. The van der Waals surface area contributed by atoms with Gasteiger partial charge in [0.15, 0.2) is 0 Å². The summed E-state index contributed by atoms with van der Waals surface area (Å²) in [5.41, 5.74) is 0. The van der Waals surface area contributed by atoms with E-state index in [1.54, 1.807) is 0 Å². The molecule has 0 aliphatic rings. The second-order valence-electron chi connectivity index (χ2n) is 1.61. The molecule has 0 aliphatic carbocycles. The molecule has 12 heteroatoms. The van der Waals surface area contributed by atoms with Gasteiger partial charge in [-0.1, -0.05) is 0 Å². The number of carboxylic acid groups (broad SMARTS) is 2. The van der Waals surface area contributed by atoms with Crippen LogP contribution in [0.4, 0.5) is 26.3 Å². The summed E-state index contributed by atoms with van der Waals surface area (Å²) >= 11 is 0. The minimum absolute atomic E-state index is 0. The first-order valence-corrected chi connectivity index (χ1v) is 2.49. The van der Waals surface area contributed by atoms with E-state index < -0.39 is 24.3 Å². The topological polar surface area (TPSA) is 106 Å². The second kappa shape index (κ2) is 8.28. The molecule has 0 unspecified atom stereocenters. The Kier molecular flexibility index (Phi) is 12.6. The monoisotopic (exact) mass is 310 g/mol. The van der Waals surface area contributed by atoms with Crippen LogP contribution < -0.4 is 0 Å². The Balaban J connectivity index is -0.0000000800. The molecule has 0 amide bonds. The average Bonchev–Trinajstić information content (AvgIpc) is 1.83. The number of carbonyl (C=O) groups is 2. The van der Waals surface area contributed by atoms with Crippen molar-refractivity contribution in [2.24, 2.45) is 0 Å². The second-order valence-corrected chi connectivity index (χ2v) is 1.61. The summed E-state index contributed by atoms with van der Waals surface area (Å²) in [4.78, 5) is 17.8. The molecule has 0 aromatic heterocycles. The number of rotatable bonds is 0. The molecule has 0 bridgehead atoms. The van der Waals surface area contributed by atoms with Gasteiger partial charge in [0.05, 0.1) is 0 Å². The van der Waals surface area contributed by atoms with E-state index in [4.69, 9.17) is 19.8 Å². The third-order valence-corrected chi connectivity index (χ3v) is 0.485. The van der Waals surface area contributed by atoms with Crippen molar-refractivity contribution in [3.63, 3.8) is 0 Å². The third kappa shape index (κ3) is 15.6. The van der Waals surface area contributed by atoms with Gasteiger partial charge in [-0.15, -0.1) is 0 Å². The quantitative estimate of drug-likeness (QED) is 0.500. The molecule has 0 fully saturated rings. The van der Waals surface area contributed by atoms with Crippen LogP contribution in [0.25, 0.3) is 0 Å². The standard InChI is InChI=1S/2C2HF3O2.H2O.Zn/c2*3-2(4,5)1(6)7;;/h2*(H,6,7);1H2;. The fourth-order valence-corrected chi connectivity index (χ4v) is 0. The van der Waals surface area contributed by atoms with Gasteiger partial charge in [0.25, 0.3) is 0 Å². The fraction of sp³-hybridized carbons (Fsp3) is 0.500. The van der Waals surface area contributed by atoms with E-state index in [1.807, 2.05) is 0 Å². The summed E-state index contributed by atoms with van der Waals surface area (Å²) in [5, 5.41) is 14.2. The number of alkyl halides is 6. The van der Waals surface area contributed by atoms with Crippen LogP contribution >= 0.6 is 0 Å². The van der Waals surface area contributed by atoms with Gasteiger partial charge in [0, 0.05) is 19.5 Å². The molecular weight excluding hydrogens is 307 g/mol. The van der Waals surface area contributed by atoms with Crippen molar-refractivity contribution >= 4 is 11.9 Å². The molecule has 5 nitrogen and oxygen atoms in total. The molecule has 16 heavy (non-hydrogen) atoms. The number of halogens is 6. The Morgan fingerprint density at radius 1 is 0.750 bits per heavy atom. The molecule has 0 heterocycles. The van der Waals surface area contributed by atoms with Crippen LogP contribution in [0.5, 0.6) is 0 Å². The smallest absolute Gasteiger partial charge is 0.475 e. The maximum absolute atomic E-state index is 10.6. The predicted octanol–water partition coefficient (Wildman–Crippen LogP) is 0.439. The Morgan fingerprint density at radius 2 is 0.812 bits per heavy atom. The summed E-state index contributed by atoms with van der Waals surface area (Å²) < 4.78 is 63.5. The van der Waals surface area contributed by atoms with Gasteiger partial charge in [0.2, 0.25) is 0 Å². The van der Waals surface area contributed by atoms with Gasteiger partial charge in [0.1, 0.15) is 0 Å². The van der Waals surface area contributed by atoms with Crippen molar-refractivity contribution in [3.8, 4) is 0 Å². The van der Waals surface area contributed by atoms with E-state index >= 15 is 0 Å². The first-order valence-electron chi connectivity index (χ1n) is 2.49. The average molecular weight is 311 g/mol.